The van der Waals surface area contributed by atoms with Crippen molar-refractivity contribution in [2.75, 3.05) is 5.73 Å². The summed E-state index contributed by atoms with van der Waals surface area (Å²) < 4.78 is 1.79. The normalized spacial score (nSPS) is 10.9. The molecule has 0 saturated heterocycles. The van der Waals surface area contributed by atoms with E-state index in [0.717, 1.165) is 11.4 Å². The molecular formula is C11H14N4. The zero-order valence-corrected chi connectivity index (χ0v) is 8.88. The Morgan fingerprint density at radius 3 is 2.47 bits per heavy atom. The standard InChI is InChI=1S/C11H14N4/c1-8(2)10-11(12)13-14-15(10)9-6-4-3-5-7-9/h3-8H,12H2,1-2H3. The van der Waals surface area contributed by atoms with Gasteiger partial charge in [0.25, 0.3) is 0 Å². The summed E-state index contributed by atoms with van der Waals surface area (Å²) in [6.45, 7) is 4.16. The summed E-state index contributed by atoms with van der Waals surface area (Å²) in [4.78, 5) is 0. The third-order valence-electron chi connectivity index (χ3n) is 2.28. The van der Waals surface area contributed by atoms with Crippen molar-refractivity contribution in [3.63, 3.8) is 0 Å². The second-order valence-corrected chi connectivity index (χ2v) is 3.76. The number of nitrogens with zero attached hydrogens (tertiary/aromatic N) is 3. The number of aromatic nitrogens is 3. The molecule has 78 valence electrons. The van der Waals surface area contributed by atoms with Gasteiger partial charge in [0, 0.05) is 0 Å². The first kappa shape index (κ1) is 9.71. The molecule has 0 spiro atoms. The van der Waals surface area contributed by atoms with Gasteiger partial charge >= 0.3 is 0 Å². The van der Waals surface area contributed by atoms with Crippen LogP contribution in [-0.4, -0.2) is 15.0 Å². The van der Waals surface area contributed by atoms with E-state index in [0.29, 0.717) is 11.7 Å². The number of anilines is 1. The van der Waals surface area contributed by atoms with Crippen molar-refractivity contribution < 1.29 is 0 Å². The Morgan fingerprint density at radius 2 is 1.87 bits per heavy atom. The molecule has 0 radical (unpaired) electrons. The van der Waals surface area contributed by atoms with Gasteiger partial charge in [-0.3, -0.25) is 0 Å². The van der Waals surface area contributed by atoms with Crippen LogP contribution in [-0.2, 0) is 0 Å². The molecule has 0 unspecified atom stereocenters. The second-order valence-electron chi connectivity index (χ2n) is 3.76. The SMILES string of the molecule is CC(C)c1c(N)nnn1-c1ccccc1. The smallest absolute Gasteiger partial charge is 0.169 e. The van der Waals surface area contributed by atoms with Crippen LogP contribution in [0.15, 0.2) is 30.3 Å². The summed E-state index contributed by atoms with van der Waals surface area (Å²) in [7, 11) is 0. The average Bonchev–Trinajstić information content (AvgIpc) is 2.61. The molecule has 0 atom stereocenters. The van der Waals surface area contributed by atoms with Crippen molar-refractivity contribution in [1.29, 1.82) is 0 Å². The number of para-hydroxylation sites is 1. The van der Waals surface area contributed by atoms with Crippen molar-refractivity contribution in [3.8, 4) is 5.69 Å². The maximum atomic E-state index is 5.79. The second kappa shape index (κ2) is 3.73. The van der Waals surface area contributed by atoms with Gasteiger partial charge in [0.2, 0.25) is 0 Å². The summed E-state index contributed by atoms with van der Waals surface area (Å²) in [5, 5.41) is 7.95. The number of benzene rings is 1. The molecule has 0 bridgehead atoms. The molecule has 15 heavy (non-hydrogen) atoms. The fourth-order valence-electron chi connectivity index (χ4n) is 1.60. The van der Waals surface area contributed by atoms with Crippen molar-refractivity contribution in [3.05, 3.63) is 36.0 Å². The van der Waals surface area contributed by atoms with Crippen LogP contribution in [0.3, 0.4) is 0 Å². The van der Waals surface area contributed by atoms with Crippen LogP contribution in [0.4, 0.5) is 5.82 Å². The van der Waals surface area contributed by atoms with Crippen molar-refractivity contribution in [1.82, 2.24) is 15.0 Å². The van der Waals surface area contributed by atoms with Crippen LogP contribution in [0.2, 0.25) is 0 Å². The molecule has 1 aromatic heterocycles. The molecule has 2 aromatic rings. The molecule has 2 N–H and O–H groups in total. The number of hydrogen-bond donors (Lipinski definition) is 1. The Labute approximate surface area is 88.7 Å². The van der Waals surface area contributed by atoms with E-state index in [1.54, 1.807) is 4.68 Å². The van der Waals surface area contributed by atoms with E-state index in [2.05, 4.69) is 24.2 Å². The molecule has 0 saturated carbocycles. The van der Waals surface area contributed by atoms with E-state index in [1.165, 1.54) is 0 Å². The zero-order valence-electron chi connectivity index (χ0n) is 8.88. The maximum Gasteiger partial charge on any atom is 0.169 e. The van der Waals surface area contributed by atoms with E-state index in [9.17, 15) is 0 Å². The molecule has 1 heterocycles. The first-order chi connectivity index (χ1) is 7.20. The highest BCUT2D eigenvalue weighted by molar-refractivity contribution is 5.42. The molecule has 0 aliphatic rings. The third-order valence-corrected chi connectivity index (χ3v) is 2.28. The first-order valence-electron chi connectivity index (χ1n) is 4.96. The number of nitrogens with two attached hydrogens (primary N) is 1. The van der Waals surface area contributed by atoms with Gasteiger partial charge in [0.05, 0.1) is 11.4 Å². The quantitative estimate of drug-likeness (QED) is 0.810. The van der Waals surface area contributed by atoms with Crippen LogP contribution in [0.25, 0.3) is 5.69 Å². The minimum atomic E-state index is 0.306. The van der Waals surface area contributed by atoms with Crippen LogP contribution in [0.1, 0.15) is 25.5 Å². The minimum Gasteiger partial charge on any atom is -0.381 e. The highest BCUT2D eigenvalue weighted by atomic mass is 15.4. The molecule has 4 heteroatoms. The number of nitrogen functional groups attached to an aromatic ring is 1. The largest absolute Gasteiger partial charge is 0.381 e. The molecule has 0 aliphatic carbocycles. The lowest BCUT2D eigenvalue weighted by molar-refractivity contribution is 0.716. The fraction of sp³-hybridized carbons (Fsp3) is 0.273. The van der Waals surface area contributed by atoms with E-state index >= 15 is 0 Å². The highest BCUT2D eigenvalue weighted by Crippen LogP contribution is 2.22. The fourth-order valence-corrected chi connectivity index (χ4v) is 1.60. The van der Waals surface area contributed by atoms with Crippen LogP contribution < -0.4 is 5.73 Å². The summed E-state index contributed by atoms with van der Waals surface area (Å²) in [6.07, 6.45) is 0. The Balaban J connectivity index is 2.54. The van der Waals surface area contributed by atoms with Crippen LogP contribution >= 0.6 is 0 Å². The van der Waals surface area contributed by atoms with Gasteiger partial charge in [-0.15, -0.1) is 5.10 Å². The average molecular weight is 202 g/mol. The number of rotatable bonds is 2. The lowest BCUT2D eigenvalue weighted by atomic mass is 10.1. The summed E-state index contributed by atoms with van der Waals surface area (Å²) >= 11 is 0. The van der Waals surface area contributed by atoms with E-state index in [1.807, 2.05) is 30.3 Å². The molecule has 4 nitrogen and oxygen atoms in total. The lowest BCUT2D eigenvalue weighted by Crippen LogP contribution is -2.05. The van der Waals surface area contributed by atoms with Crippen LogP contribution in [0.5, 0.6) is 0 Å². The van der Waals surface area contributed by atoms with Crippen molar-refractivity contribution >= 4 is 5.82 Å². The molecular weight excluding hydrogens is 188 g/mol. The Hall–Kier alpha value is -1.84. The van der Waals surface area contributed by atoms with Gasteiger partial charge in [0.1, 0.15) is 0 Å². The Morgan fingerprint density at radius 1 is 1.20 bits per heavy atom. The monoisotopic (exact) mass is 202 g/mol. The van der Waals surface area contributed by atoms with Gasteiger partial charge in [-0.2, -0.15) is 0 Å². The lowest BCUT2D eigenvalue weighted by Gasteiger charge is -2.08. The summed E-state index contributed by atoms with van der Waals surface area (Å²) in [5.41, 5.74) is 7.74. The highest BCUT2D eigenvalue weighted by Gasteiger charge is 2.14. The predicted octanol–water partition coefficient (Wildman–Crippen LogP) is 1.97. The van der Waals surface area contributed by atoms with E-state index in [-0.39, 0.29) is 0 Å². The molecule has 0 fully saturated rings. The Bertz CT molecular complexity index is 445. The maximum absolute atomic E-state index is 5.79. The van der Waals surface area contributed by atoms with Gasteiger partial charge < -0.3 is 5.73 Å². The first-order valence-corrected chi connectivity index (χ1v) is 4.96. The zero-order chi connectivity index (χ0) is 10.8. The van der Waals surface area contributed by atoms with Crippen molar-refractivity contribution in [2.45, 2.75) is 19.8 Å². The Kier molecular flexibility index (Phi) is 2.41. The minimum absolute atomic E-state index is 0.306. The van der Waals surface area contributed by atoms with Gasteiger partial charge in [-0.1, -0.05) is 37.3 Å². The third kappa shape index (κ3) is 1.70. The van der Waals surface area contributed by atoms with Crippen LogP contribution in [0, 0.1) is 0 Å². The summed E-state index contributed by atoms with van der Waals surface area (Å²) in [6, 6.07) is 9.88. The van der Waals surface area contributed by atoms with Gasteiger partial charge in [0.15, 0.2) is 5.82 Å². The molecule has 0 amide bonds. The topological polar surface area (TPSA) is 56.7 Å². The van der Waals surface area contributed by atoms with E-state index in [4.69, 9.17) is 5.73 Å². The van der Waals surface area contributed by atoms with Crippen molar-refractivity contribution in [2.24, 2.45) is 0 Å². The van der Waals surface area contributed by atoms with E-state index < -0.39 is 0 Å². The number of hydrogen-bond acceptors (Lipinski definition) is 3. The van der Waals surface area contributed by atoms with Gasteiger partial charge in [-0.25, -0.2) is 4.68 Å². The predicted molar refractivity (Wildman–Crippen MR) is 59.9 cm³/mol. The molecule has 1 aromatic carbocycles. The molecule has 0 aliphatic heterocycles. The van der Waals surface area contributed by atoms with Gasteiger partial charge in [-0.05, 0) is 18.1 Å². The molecule has 2 rings (SSSR count). The summed E-state index contributed by atoms with van der Waals surface area (Å²) in [5.74, 6) is 0.814.